The number of hydrogen-bond donors (Lipinski definition) is 1. The third-order valence-corrected chi connectivity index (χ3v) is 3.69. The SMILES string of the molecule is FC1(Cc2ccc(Br)cc2)CCCNCC1. The van der Waals surface area contributed by atoms with E-state index in [1.165, 1.54) is 0 Å². The second-order valence-corrected chi connectivity index (χ2v) is 5.47. The molecule has 0 radical (unpaired) electrons. The van der Waals surface area contributed by atoms with Crippen LogP contribution in [-0.2, 0) is 6.42 Å². The Balaban J connectivity index is 2.04. The van der Waals surface area contributed by atoms with Crippen LogP contribution in [0.15, 0.2) is 28.7 Å². The summed E-state index contributed by atoms with van der Waals surface area (Å²) in [4.78, 5) is 0. The monoisotopic (exact) mass is 285 g/mol. The zero-order valence-corrected chi connectivity index (χ0v) is 10.9. The fourth-order valence-electron chi connectivity index (χ4n) is 2.24. The van der Waals surface area contributed by atoms with E-state index in [-0.39, 0.29) is 0 Å². The predicted octanol–water partition coefficient (Wildman–Crippen LogP) is 3.47. The number of halogens is 2. The van der Waals surface area contributed by atoms with Crippen LogP contribution < -0.4 is 5.32 Å². The minimum Gasteiger partial charge on any atom is -0.317 e. The molecular formula is C13H17BrFN. The highest BCUT2D eigenvalue weighted by Gasteiger charge is 2.30. The van der Waals surface area contributed by atoms with E-state index in [1.54, 1.807) is 0 Å². The molecule has 1 aliphatic rings. The van der Waals surface area contributed by atoms with E-state index in [2.05, 4.69) is 21.2 Å². The minimum atomic E-state index is -1.02. The smallest absolute Gasteiger partial charge is 0.116 e. The molecule has 3 heteroatoms. The zero-order chi connectivity index (χ0) is 11.4. The minimum absolute atomic E-state index is 0.544. The van der Waals surface area contributed by atoms with Crippen LogP contribution in [0.3, 0.4) is 0 Å². The maximum absolute atomic E-state index is 14.6. The van der Waals surface area contributed by atoms with Gasteiger partial charge in [0, 0.05) is 10.9 Å². The molecule has 0 bridgehead atoms. The summed E-state index contributed by atoms with van der Waals surface area (Å²) < 4.78 is 15.6. The summed E-state index contributed by atoms with van der Waals surface area (Å²) >= 11 is 3.39. The lowest BCUT2D eigenvalue weighted by Crippen LogP contribution is -2.27. The molecule has 2 rings (SSSR count). The van der Waals surface area contributed by atoms with Crippen LogP contribution >= 0.6 is 15.9 Å². The first-order chi connectivity index (χ1) is 7.68. The lowest BCUT2D eigenvalue weighted by molar-refractivity contribution is 0.144. The Labute approximate surface area is 105 Å². The molecule has 0 saturated carbocycles. The molecule has 1 unspecified atom stereocenters. The van der Waals surface area contributed by atoms with Crippen molar-refractivity contribution >= 4 is 15.9 Å². The van der Waals surface area contributed by atoms with E-state index in [4.69, 9.17) is 0 Å². The second kappa shape index (κ2) is 5.28. The van der Waals surface area contributed by atoms with E-state index in [1.807, 2.05) is 24.3 Å². The molecular weight excluding hydrogens is 269 g/mol. The third-order valence-electron chi connectivity index (χ3n) is 3.16. The van der Waals surface area contributed by atoms with Crippen molar-refractivity contribution in [3.05, 3.63) is 34.3 Å². The molecule has 1 aromatic rings. The predicted molar refractivity (Wildman–Crippen MR) is 68.4 cm³/mol. The summed E-state index contributed by atoms with van der Waals surface area (Å²) in [6, 6.07) is 7.97. The van der Waals surface area contributed by atoms with Gasteiger partial charge < -0.3 is 5.32 Å². The van der Waals surface area contributed by atoms with Gasteiger partial charge in [-0.2, -0.15) is 0 Å². The molecule has 16 heavy (non-hydrogen) atoms. The summed E-state index contributed by atoms with van der Waals surface area (Å²) in [5, 5.41) is 3.25. The van der Waals surface area contributed by atoms with Crippen molar-refractivity contribution < 1.29 is 4.39 Å². The fraction of sp³-hybridized carbons (Fsp3) is 0.538. The molecule has 1 nitrogen and oxygen atoms in total. The molecule has 88 valence electrons. The van der Waals surface area contributed by atoms with Gasteiger partial charge in [-0.25, -0.2) is 4.39 Å². The van der Waals surface area contributed by atoms with Crippen molar-refractivity contribution in [3.8, 4) is 0 Å². The Kier molecular flexibility index (Phi) is 3.98. The van der Waals surface area contributed by atoms with Crippen LogP contribution in [0.2, 0.25) is 0 Å². The lowest BCUT2D eigenvalue weighted by Gasteiger charge is -2.23. The molecule has 1 heterocycles. The largest absolute Gasteiger partial charge is 0.317 e. The number of nitrogens with one attached hydrogen (secondary N) is 1. The van der Waals surface area contributed by atoms with E-state index < -0.39 is 5.67 Å². The summed E-state index contributed by atoms with van der Waals surface area (Å²) in [5.41, 5.74) is 0.0738. The van der Waals surface area contributed by atoms with Crippen LogP contribution in [0, 0.1) is 0 Å². The lowest BCUT2D eigenvalue weighted by atomic mass is 9.89. The number of rotatable bonds is 2. The Morgan fingerprint density at radius 1 is 1.19 bits per heavy atom. The average molecular weight is 286 g/mol. The van der Waals surface area contributed by atoms with Crippen LogP contribution in [0.5, 0.6) is 0 Å². The molecule has 0 amide bonds. The Bertz CT molecular complexity index is 328. The second-order valence-electron chi connectivity index (χ2n) is 4.56. The highest BCUT2D eigenvalue weighted by atomic mass is 79.9. The molecule has 1 aromatic carbocycles. The van der Waals surface area contributed by atoms with Crippen molar-refractivity contribution in [2.24, 2.45) is 0 Å². The van der Waals surface area contributed by atoms with Crippen molar-refractivity contribution in [1.82, 2.24) is 5.32 Å². The standard InChI is InChI=1S/C13H17BrFN/c14-12-4-2-11(3-5-12)10-13(15)6-1-8-16-9-7-13/h2-5,16H,1,6-10H2. The number of hydrogen-bond acceptors (Lipinski definition) is 1. The average Bonchev–Trinajstić information content (AvgIpc) is 2.47. The van der Waals surface area contributed by atoms with Crippen molar-refractivity contribution in [2.75, 3.05) is 13.1 Å². The van der Waals surface area contributed by atoms with Crippen LogP contribution in [0.1, 0.15) is 24.8 Å². The zero-order valence-electron chi connectivity index (χ0n) is 9.31. The Morgan fingerprint density at radius 2 is 1.94 bits per heavy atom. The fourth-order valence-corrected chi connectivity index (χ4v) is 2.50. The third kappa shape index (κ3) is 3.29. The van der Waals surface area contributed by atoms with Gasteiger partial charge in [0.25, 0.3) is 0 Å². The van der Waals surface area contributed by atoms with Gasteiger partial charge in [-0.1, -0.05) is 28.1 Å². The van der Waals surface area contributed by atoms with Gasteiger partial charge in [0.2, 0.25) is 0 Å². The number of alkyl halides is 1. The van der Waals surface area contributed by atoms with Gasteiger partial charge in [0.15, 0.2) is 0 Å². The first-order valence-electron chi connectivity index (χ1n) is 5.82. The van der Waals surface area contributed by atoms with Gasteiger partial charge >= 0.3 is 0 Å². The van der Waals surface area contributed by atoms with Gasteiger partial charge in [-0.05, 0) is 50.0 Å². The van der Waals surface area contributed by atoms with E-state index in [9.17, 15) is 4.39 Å². The van der Waals surface area contributed by atoms with Crippen LogP contribution in [-0.4, -0.2) is 18.8 Å². The van der Waals surface area contributed by atoms with Gasteiger partial charge in [-0.15, -0.1) is 0 Å². The molecule has 1 aliphatic heterocycles. The quantitative estimate of drug-likeness (QED) is 0.877. The summed E-state index contributed by atoms with van der Waals surface area (Å²) in [5.74, 6) is 0. The summed E-state index contributed by atoms with van der Waals surface area (Å²) in [7, 11) is 0. The first-order valence-corrected chi connectivity index (χ1v) is 6.61. The Morgan fingerprint density at radius 3 is 2.69 bits per heavy atom. The van der Waals surface area contributed by atoms with Gasteiger partial charge in [0.1, 0.15) is 5.67 Å². The van der Waals surface area contributed by atoms with Crippen LogP contribution in [0.25, 0.3) is 0 Å². The summed E-state index contributed by atoms with van der Waals surface area (Å²) in [6.45, 7) is 1.75. The normalized spacial score (nSPS) is 26.4. The van der Waals surface area contributed by atoms with E-state index in [0.29, 0.717) is 19.3 Å². The number of benzene rings is 1. The molecule has 0 spiro atoms. The molecule has 1 atom stereocenters. The maximum atomic E-state index is 14.6. The molecule has 1 fully saturated rings. The maximum Gasteiger partial charge on any atom is 0.116 e. The van der Waals surface area contributed by atoms with E-state index in [0.717, 1.165) is 29.5 Å². The van der Waals surface area contributed by atoms with Gasteiger partial charge in [-0.3, -0.25) is 0 Å². The topological polar surface area (TPSA) is 12.0 Å². The summed E-state index contributed by atoms with van der Waals surface area (Å²) in [6.07, 6.45) is 2.79. The Hall–Kier alpha value is -0.410. The highest BCUT2D eigenvalue weighted by molar-refractivity contribution is 9.10. The van der Waals surface area contributed by atoms with Crippen molar-refractivity contribution in [1.29, 1.82) is 0 Å². The molecule has 0 aromatic heterocycles. The molecule has 0 aliphatic carbocycles. The first kappa shape index (κ1) is 12.1. The van der Waals surface area contributed by atoms with Crippen molar-refractivity contribution in [2.45, 2.75) is 31.4 Å². The molecule has 1 N–H and O–H groups in total. The highest BCUT2D eigenvalue weighted by Crippen LogP contribution is 2.29. The van der Waals surface area contributed by atoms with Crippen molar-refractivity contribution in [3.63, 3.8) is 0 Å². The van der Waals surface area contributed by atoms with Gasteiger partial charge in [0.05, 0.1) is 0 Å². The molecule has 1 saturated heterocycles. The van der Waals surface area contributed by atoms with Crippen LogP contribution in [0.4, 0.5) is 4.39 Å². The van der Waals surface area contributed by atoms with E-state index >= 15 is 0 Å².